The number of ether oxygens (including phenoxy) is 1. The van der Waals surface area contributed by atoms with E-state index in [2.05, 4.69) is 4.74 Å². The number of halogens is 1. The number of alkyl halides is 1. The Kier molecular flexibility index (Phi) is 3.25. The second-order valence-electron chi connectivity index (χ2n) is 3.44. The Morgan fingerprint density at radius 2 is 2.46 bits per heavy atom. The lowest BCUT2D eigenvalue weighted by Crippen LogP contribution is -2.42. The number of rotatable bonds is 2. The molecule has 13 heavy (non-hydrogen) atoms. The zero-order valence-electron chi connectivity index (χ0n) is 7.75. The lowest BCUT2D eigenvalue weighted by molar-refractivity contribution is -0.162. The summed E-state index contributed by atoms with van der Waals surface area (Å²) in [4.78, 5) is 11.2. The number of aliphatic hydroxyl groups excluding tert-OH is 1. The van der Waals surface area contributed by atoms with Gasteiger partial charge in [-0.05, 0) is 26.2 Å². The molecule has 1 N–H and O–H groups in total. The van der Waals surface area contributed by atoms with Gasteiger partial charge in [-0.25, -0.2) is 9.18 Å². The molecule has 1 rings (SSSR count). The summed E-state index contributed by atoms with van der Waals surface area (Å²) < 4.78 is 18.4. The highest BCUT2D eigenvalue weighted by Crippen LogP contribution is 2.33. The maximum atomic E-state index is 13.8. The van der Waals surface area contributed by atoms with Crippen LogP contribution in [0.2, 0.25) is 0 Å². The van der Waals surface area contributed by atoms with E-state index < -0.39 is 17.7 Å². The van der Waals surface area contributed by atoms with Gasteiger partial charge in [0.15, 0.2) is 0 Å². The Bertz CT molecular complexity index is 195. The van der Waals surface area contributed by atoms with Crippen LogP contribution in [-0.2, 0) is 9.53 Å². The van der Waals surface area contributed by atoms with Crippen molar-refractivity contribution in [3.05, 3.63) is 0 Å². The van der Waals surface area contributed by atoms with Crippen LogP contribution in [0.3, 0.4) is 0 Å². The van der Waals surface area contributed by atoms with Gasteiger partial charge in [0.1, 0.15) is 0 Å². The van der Waals surface area contributed by atoms with E-state index in [9.17, 15) is 14.3 Å². The van der Waals surface area contributed by atoms with E-state index in [1.165, 1.54) is 0 Å². The fourth-order valence-corrected chi connectivity index (χ4v) is 1.64. The highest BCUT2D eigenvalue weighted by Gasteiger charge is 2.44. The Hall–Kier alpha value is -0.640. The lowest BCUT2D eigenvalue weighted by atomic mass is 9.85. The number of carbonyl (C=O) groups excluding carboxylic acids is 1. The van der Waals surface area contributed by atoms with Crippen molar-refractivity contribution >= 4 is 5.97 Å². The summed E-state index contributed by atoms with van der Waals surface area (Å²) in [6.45, 7) is 1.82. The highest BCUT2D eigenvalue weighted by atomic mass is 19.1. The summed E-state index contributed by atoms with van der Waals surface area (Å²) in [6, 6.07) is 0. The van der Waals surface area contributed by atoms with Crippen molar-refractivity contribution in [1.29, 1.82) is 0 Å². The van der Waals surface area contributed by atoms with Crippen molar-refractivity contribution in [3.8, 4) is 0 Å². The molecule has 0 heterocycles. The molecule has 0 aromatic rings. The van der Waals surface area contributed by atoms with Gasteiger partial charge in [0, 0.05) is 6.42 Å². The van der Waals surface area contributed by atoms with Gasteiger partial charge >= 0.3 is 5.97 Å². The van der Waals surface area contributed by atoms with Gasteiger partial charge in [-0.15, -0.1) is 0 Å². The van der Waals surface area contributed by atoms with Crippen LogP contribution in [0.1, 0.15) is 32.6 Å². The van der Waals surface area contributed by atoms with E-state index in [0.29, 0.717) is 12.8 Å². The van der Waals surface area contributed by atoms with Gasteiger partial charge in [-0.1, -0.05) is 0 Å². The molecule has 0 aromatic carbocycles. The molecule has 1 fully saturated rings. The third-order valence-electron chi connectivity index (χ3n) is 2.31. The molecule has 0 amide bonds. The lowest BCUT2D eigenvalue weighted by Gasteiger charge is -2.29. The molecule has 3 nitrogen and oxygen atoms in total. The number of esters is 1. The second-order valence-corrected chi connectivity index (χ2v) is 3.44. The first-order valence-electron chi connectivity index (χ1n) is 4.62. The van der Waals surface area contributed by atoms with Crippen LogP contribution >= 0.6 is 0 Å². The molecule has 0 aliphatic heterocycles. The average Bonchev–Trinajstić information content (AvgIpc) is 2.04. The van der Waals surface area contributed by atoms with Crippen molar-refractivity contribution in [2.45, 2.75) is 44.4 Å². The van der Waals surface area contributed by atoms with Gasteiger partial charge in [0.05, 0.1) is 12.7 Å². The molecule has 0 saturated heterocycles. The standard InChI is InChI=1S/C9H15FO3/c1-2-13-8(12)9(10)5-3-4-7(11)6-9/h7,11H,2-6H2,1H3/t7-,9+/m0/s1. The van der Waals surface area contributed by atoms with E-state index in [1.807, 2.05) is 0 Å². The molecule has 0 bridgehead atoms. The summed E-state index contributed by atoms with van der Waals surface area (Å²) >= 11 is 0. The summed E-state index contributed by atoms with van der Waals surface area (Å²) in [5, 5.41) is 9.21. The van der Waals surface area contributed by atoms with Crippen LogP contribution in [0.4, 0.5) is 4.39 Å². The zero-order chi connectivity index (χ0) is 9.90. The van der Waals surface area contributed by atoms with Crippen LogP contribution in [-0.4, -0.2) is 29.5 Å². The fourth-order valence-electron chi connectivity index (χ4n) is 1.64. The minimum Gasteiger partial charge on any atom is -0.464 e. The number of hydrogen-bond acceptors (Lipinski definition) is 3. The largest absolute Gasteiger partial charge is 0.464 e. The van der Waals surface area contributed by atoms with Gasteiger partial charge < -0.3 is 9.84 Å². The molecule has 1 saturated carbocycles. The number of carbonyl (C=O) groups is 1. The van der Waals surface area contributed by atoms with Gasteiger partial charge in [-0.2, -0.15) is 0 Å². The quantitative estimate of drug-likeness (QED) is 0.665. The van der Waals surface area contributed by atoms with Crippen LogP contribution < -0.4 is 0 Å². The highest BCUT2D eigenvalue weighted by molar-refractivity contribution is 5.79. The predicted molar refractivity (Wildman–Crippen MR) is 44.9 cm³/mol. The summed E-state index contributed by atoms with van der Waals surface area (Å²) in [6.07, 6.45) is 0.458. The first-order valence-corrected chi connectivity index (χ1v) is 4.62. The van der Waals surface area contributed by atoms with E-state index in [0.717, 1.165) is 0 Å². The predicted octanol–water partition coefficient (Wildman–Crippen LogP) is 1.19. The molecule has 2 atom stereocenters. The first-order chi connectivity index (χ1) is 6.08. The van der Waals surface area contributed by atoms with Gasteiger partial charge in [0.25, 0.3) is 0 Å². The summed E-state index contributed by atoms with van der Waals surface area (Å²) in [5.74, 6) is -0.825. The van der Waals surface area contributed by atoms with Crippen LogP contribution in [0.25, 0.3) is 0 Å². The minimum absolute atomic E-state index is 0.119. The minimum atomic E-state index is -1.95. The maximum Gasteiger partial charge on any atom is 0.343 e. The Balaban J connectivity index is 2.57. The molecule has 0 spiro atoms. The van der Waals surface area contributed by atoms with Crippen LogP contribution in [0, 0.1) is 0 Å². The van der Waals surface area contributed by atoms with Crippen molar-refractivity contribution in [1.82, 2.24) is 0 Å². The number of aliphatic hydroxyl groups is 1. The molecule has 76 valence electrons. The summed E-state index contributed by atoms with van der Waals surface area (Å²) in [5.41, 5.74) is -1.95. The monoisotopic (exact) mass is 190 g/mol. The third-order valence-corrected chi connectivity index (χ3v) is 2.31. The van der Waals surface area contributed by atoms with E-state index >= 15 is 0 Å². The fraction of sp³-hybridized carbons (Fsp3) is 0.889. The Labute approximate surface area is 76.9 Å². The van der Waals surface area contributed by atoms with Crippen LogP contribution in [0.5, 0.6) is 0 Å². The second kappa shape index (κ2) is 4.05. The van der Waals surface area contributed by atoms with Gasteiger partial charge in [-0.3, -0.25) is 0 Å². The van der Waals surface area contributed by atoms with E-state index in [1.54, 1.807) is 6.92 Å². The molecular formula is C9H15FO3. The first kappa shape index (κ1) is 10.4. The van der Waals surface area contributed by atoms with E-state index in [4.69, 9.17) is 0 Å². The normalized spacial score (nSPS) is 34.2. The van der Waals surface area contributed by atoms with E-state index in [-0.39, 0.29) is 19.4 Å². The topological polar surface area (TPSA) is 46.5 Å². The molecule has 0 aromatic heterocycles. The Morgan fingerprint density at radius 3 is 3.00 bits per heavy atom. The average molecular weight is 190 g/mol. The zero-order valence-corrected chi connectivity index (χ0v) is 7.75. The Morgan fingerprint density at radius 1 is 1.77 bits per heavy atom. The third kappa shape index (κ3) is 2.40. The molecular weight excluding hydrogens is 175 g/mol. The molecule has 4 heteroatoms. The SMILES string of the molecule is CCOC(=O)[C@@]1(F)CCC[C@H](O)C1. The van der Waals surface area contributed by atoms with Crippen molar-refractivity contribution in [2.24, 2.45) is 0 Å². The summed E-state index contributed by atoms with van der Waals surface area (Å²) in [7, 11) is 0. The molecule has 1 aliphatic carbocycles. The van der Waals surface area contributed by atoms with Crippen LogP contribution in [0.15, 0.2) is 0 Å². The molecule has 1 aliphatic rings. The van der Waals surface area contributed by atoms with Crippen molar-refractivity contribution in [2.75, 3.05) is 6.61 Å². The maximum absolute atomic E-state index is 13.8. The smallest absolute Gasteiger partial charge is 0.343 e. The number of hydrogen-bond donors (Lipinski definition) is 1. The van der Waals surface area contributed by atoms with Crippen molar-refractivity contribution in [3.63, 3.8) is 0 Å². The van der Waals surface area contributed by atoms with Gasteiger partial charge in [0.2, 0.25) is 5.67 Å². The molecule has 0 radical (unpaired) electrons. The van der Waals surface area contributed by atoms with Crippen molar-refractivity contribution < 1.29 is 19.0 Å². The molecule has 0 unspecified atom stereocenters.